The molecule has 2 amide bonds. The molecule has 206 valence electrons. The third-order valence-corrected chi connectivity index (χ3v) is 5.21. The summed E-state index contributed by atoms with van der Waals surface area (Å²) >= 11 is 0. The Labute approximate surface area is 221 Å². The molecule has 0 bridgehead atoms. The Balaban J connectivity index is 2.15. The maximum Gasteiger partial charge on any atom is 0.329 e. The maximum atomic E-state index is 13.3. The normalized spacial score (nSPS) is 12.5. The van der Waals surface area contributed by atoms with Crippen LogP contribution in [0.3, 0.4) is 0 Å². The van der Waals surface area contributed by atoms with Gasteiger partial charge in [0, 0.05) is 12.8 Å². The third-order valence-electron chi connectivity index (χ3n) is 5.21. The standard InChI is InChI=1S/C28H34F2N2O6/c1-17(2)15-37-27(35)23(13-19-5-9-21(29)10-6-19)31-25(33)26(34)32-24(28(36)38-16-18(3)4)14-20-7-11-22(30)12-8-20/h5-12,17-18,23-24H,13-16H2,1-4H3,(H,31,33)(H,32,34)/t23-,24-/m1/s1. The third kappa shape index (κ3) is 10.7. The van der Waals surface area contributed by atoms with Gasteiger partial charge in [-0.3, -0.25) is 9.59 Å². The fourth-order valence-corrected chi connectivity index (χ4v) is 3.25. The molecule has 0 aliphatic heterocycles. The Bertz CT molecular complexity index is 1000. The van der Waals surface area contributed by atoms with Gasteiger partial charge in [-0.25, -0.2) is 18.4 Å². The number of amides is 2. The van der Waals surface area contributed by atoms with Gasteiger partial charge in [0.1, 0.15) is 23.7 Å². The zero-order chi connectivity index (χ0) is 28.2. The lowest BCUT2D eigenvalue weighted by Gasteiger charge is -2.21. The Morgan fingerprint density at radius 1 is 0.632 bits per heavy atom. The highest BCUT2D eigenvalue weighted by atomic mass is 19.1. The van der Waals surface area contributed by atoms with Crippen molar-refractivity contribution in [2.45, 2.75) is 52.6 Å². The summed E-state index contributed by atoms with van der Waals surface area (Å²) in [7, 11) is 0. The van der Waals surface area contributed by atoms with Crippen LogP contribution in [0.15, 0.2) is 48.5 Å². The first-order valence-corrected chi connectivity index (χ1v) is 12.4. The second kappa shape index (κ2) is 14.8. The van der Waals surface area contributed by atoms with E-state index in [1.54, 1.807) is 0 Å². The first-order chi connectivity index (χ1) is 17.9. The molecule has 2 aromatic rings. The van der Waals surface area contributed by atoms with Crippen LogP contribution in [-0.2, 0) is 41.5 Å². The number of carbonyl (C=O) groups excluding carboxylic acids is 4. The van der Waals surface area contributed by atoms with Crippen LogP contribution in [0.25, 0.3) is 0 Å². The summed E-state index contributed by atoms with van der Waals surface area (Å²) in [5.74, 6) is -4.72. The van der Waals surface area contributed by atoms with Crippen molar-refractivity contribution in [3.8, 4) is 0 Å². The number of hydrogen-bond donors (Lipinski definition) is 2. The summed E-state index contributed by atoms with van der Waals surface area (Å²) in [6.07, 6.45) is -0.0999. The van der Waals surface area contributed by atoms with E-state index >= 15 is 0 Å². The average Bonchev–Trinajstić information content (AvgIpc) is 2.87. The number of esters is 2. The molecule has 0 unspecified atom stereocenters. The Morgan fingerprint density at radius 3 is 1.24 bits per heavy atom. The van der Waals surface area contributed by atoms with E-state index in [2.05, 4.69) is 10.6 Å². The van der Waals surface area contributed by atoms with Crippen LogP contribution in [0.1, 0.15) is 38.8 Å². The summed E-state index contributed by atoms with van der Waals surface area (Å²) in [5.41, 5.74) is 1.06. The average molecular weight is 533 g/mol. The monoisotopic (exact) mass is 532 g/mol. The van der Waals surface area contributed by atoms with E-state index in [1.165, 1.54) is 48.5 Å². The molecular formula is C28H34F2N2O6. The first-order valence-electron chi connectivity index (χ1n) is 12.4. The van der Waals surface area contributed by atoms with Gasteiger partial charge in [-0.1, -0.05) is 52.0 Å². The molecule has 2 atom stereocenters. The fraction of sp³-hybridized carbons (Fsp3) is 0.429. The smallest absolute Gasteiger partial charge is 0.329 e. The number of carbonyl (C=O) groups is 4. The maximum absolute atomic E-state index is 13.3. The van der Waals surface area contributed by atoms with Gasteiger partial charge in [-0.05, 0) is 47.2 Å². The Kier molecular flexibility index (Phi) is 11.8. The fourth-order valence-electron chi connectivity index (χ4n) is 3.25. The van der Waals surface area contributed by atoms with Crippen molar-refractivity contribution in [2.24, 2.45) is 11.8 Å². The molecule has 2 rings (SSSR count). The van der Waals surface area contributed by atoms with Gasteiger partial charge in [0.15, 0.2) is 0 Å². The molecule has 2 aromatic carbocycles. The summed E-state index contributed by atoms with van der Waals surface area (Å²) in [5, 5.41) is 4.70. The first kappa shape index (κ1) is 30.4. The van der Waals surface area contributed by atoms with Gasteiger partial charge in [-0.15, -0.1) is 0 Å². The zero-order valence-corrected chi connectivity index (χ0v) is 22.0. The molecule has 38 heavy (non-hydrogen) atoms. The minimum Gasteiger partial charge on any atom is -0.464 e. The lowest BCUT2D eigenvalue weighted by Crippen LogP contribution is -2.53. The highest BCUT2D eigenvalue weighted by Crippen LogP contribution is 2.10. The minimum absolute atomic E-state index is 0.0356. The van der Waals surface area contributed by atoms with Crippen LogP contribution in [0.5, 0.6) is 0 Å². The highest BCUT2D eigenvalue weighted by Gasteiger charge is 2.30. The molecule has 0 heterocycles. The van der Waals surface area contributed by atoms with E-state index in [0.717, 1.165) is 0 Å². The van der Waals surface area contributed by atoms with Crippen molar-refractivity contribution in [3.05, 3.63) is 71.3 Å². The molecule has 0 aliphatic carbocycles. The van der Waals surface area contributed by atoms with Crippen molar-refractivity contribution in [3.63, 3.8) is 0 Å². The summed E-state index contributed by atoms with van der Waals surface area (Å²) < 4.78 is 37.1. The van der Waals surface area contributed by atoms with E-state index in [-0.39, 0.29) is 37.9 Å². The summed E-state index contributed by atoms with van der Waals surface area (Å²) in [4.78, 5) is 50.9. The van der Waals surface area contributed by atoms with Crippen LogP contribution in [0, 0.1) is 23.5 Å². The van der Waals surface area contributed by atoms with Crippen LogP contribution < -0.4 is 10.6 Å². The van der Waals surface area contributed by atoms with Gasteiger partial charge in [0.25, 0.3) is 0 Å². The molecular weight excluding hydrogens is 498 g/mol. The zero-order valence-electron chi connectivity index (χ0n) is 22.0. The van der Waals surface area contributed by atoms with E-state index in [4.69, 9.17) is 9.47 Å². The van der Waals surface area contributed by atoms with Crippen molar-refractivity contribution in [1.29, 1.82) is 0 Å². The largest absolute Gasteiger partial charge is 0.464 e. The molecule has 0 aliphatic rings. The van der Waals surface area contributed by atoms with Crippen molar-refractivity contribution < 1.29 is 37.4 Å². The van der Waals surface area contributed by atoms with Gasteiger partial charge in [0.05, 0.1) is 13.2 Å². The van der Waals surface area contributed by atoms with E-state index in [1.807, 2.05) is 27.7 Å². The number of halogens is 2. The van der Waals surface area contributed by atoms with Crippen LogP contribution in [-0.4, -0.2) is 49.1 Å². The second-order valence-corrected chi connectivity index (χ2v) is 9.76. The van der Waals surface area contributed by atoms with E-state index < -0.39 is 47.5 Å². The summed E-state index contributed by atoms with van der Waals surface area (Å²) in [6.45, 7) is 7.56. The van der Waals surface area contributed by atoms with Gasteiger partial charge in [0.2, 0.25) is 0 Å². The number of benzene rings is 2. The van der Waals surface area contributed by atoms with Crippen molar-refractivity contribution >= 4 is 23.8 Å². The summed E-state index contributed by atoms with van der Waals surface area (Å²) in [6, 6.07) is 8.18. The van der Waals surface area contributed by atoms with Gasteiger partial charge in [-0.2, -0.15) is 0 Å². The highest BCUT2D eigenvalue weighted by molar-refractivity contribution is 6.35. The predicted molar refractivity (Wildman–Crippen MR) is 136 cm³/mol. The molecule has 8 nitrogen and oxygen atoms in total. The number of nitrogens with one attached hydrogen (secondary N) is 2. The molecule has 0 saturated carbocycles. The van der Waals surface area contributed by atoms with Crippen LogP contribution >= 0.6 is 0 Å². The molecule has 2 N–H and O–H groups in total. The number of ether oxygens (including phenoxy) is 2. The molecule has 0 spiro atoms. The quantitative estimate of drug-likeness (QED) is 0.321. The molecule has 0 saturated heterocycles. The van der Waals surface area contributed by atoms with Gasteiger partial charge >= 0.3 is 23.8 Å². The second-order valence-electron chi connectivity index (χ2n) is 9.76. The predicted octanol–water partition coefficient (Wildman–Crippen LogP) is 3.12. The molecule has 0 radical (unpaired) electrons. The Morgan fingerprint density at radius 2 is 0.947 bits per heavy atom. The van der Waals surface area contributed by atoms with Crippen molar-refractivity contribution in [1.82, 2.24) is 10.6 Å². The lowest BCUT2D eigenvalue weighted by molar-refractivity contribution is -0.152. The molecule has 0 aromatic heterocycles. The molecule has 0 fully saturated rings. The van der Waals surface area contributed by atoms with Crippen LogP contribution in [0.4, 0.5) is 8.78 Å². The minimum atomic E-state index is -1.24. The van der Waals surface area contributed by atoms with E-state index in [0.29, 0.717) is 11.1 Å². The molecule has 10 heteroatoms. The Hall–Kier alpha value is -3.82. The van der Waals surface area contributed by atoms with Gasteiger partial charge < -0.3 is 20.1 Å². The number of rotatable bonds is 12. The van der Waals surface area contributed by atoms with Crippen molar-refractivity contribution in [2.75, 3.05) is 13.2 Å². The number of hydrogen-bond acceptors (Lipinski definition) is 6. The van der Waals surface area contributed by atoms with Crippen LogP contribution in [0.2, 0.25) is 0 Å². The SMILES string of the molecule is CC(C)COC(=O)[C@@H](Cc1ccc(F)cc1)NC(=O)C(=O)N[C@H](Cc1ccc(F)cc1)C(=O)OCC(C)C. The lowest BCUT2D eigenvalue weighted by atomic mass is 10.0. The topological polar surface area (TPSA) is 111 Å². The van der Waals surface area contributed by atoms with E-state index in [9.17, 15) is 28.0 Å².